The lowest BCUT2D eigenvalue weighted by Crippen LogP contribution is -2.47. The quantitative estimate of drug-likeness (QED) is 0.513. The third-order valence-corrected chi connectivity index (χ3v) is 5.82. The van der Waals surface area contributed by atoms with Gasteiger partial charge >= 0.3 is 0 Å². The highest BCUT2D eigenvalue weighted by Gasteiger charge is 2.34. The van der Waals surface area contributed by atoms with Gasteiger partial charge in [0.05, 0.1) is 18.6 Å². The van der Waals surface area contributed by atoms with Crippen molar-refractivity contribution in [2.45, 2.75) is 17.7 Å². The first kappa shape index (κ1) is 19.6. The maximum absolute atomic E-state index is 12.7. The topological polar surface area (TPSA) is 120 Å². The monoisotopic (exact) mass is 373 g/mol. The van der Waals surface area contributed by atoms with Crippen LogP contribution in [0.5, 0.6) is 5.75 Å². The van der Waals surface area contributed by atoms with Crippen LogP contribution in [-0.2, 0) is 14.8 Å². The number of nitro groups is 1. The van der Waals surface area contributed by atoms with Gasteiger partial charge in [-0.1, -0.05) is 0 Å². The Morgan fingerprint density at radius 2 is 2.00 bits per heavy atom. The van der Waals surface area contributed by atoms with Crippen molar-refractivity contribution in [1.29, 1.82) is 0 Å². The van der Waals surface area contributed by atoms with Gasteiger partial charge in [0.15, 0.2) is 0 Å². The van der Waals surface area contributed by atoms with E-state index in [1.165, 1.54) is 19.2 Å². The fourth-order valence-corrected chi connectivity index (χ4v) is 4.29. The number of sulfonamides is 1. The van der Waals surface area contributed by atoms with E-state index < -0.39 is 14.9 Å². The van der Waals surface area contributed by atoms with Gasteiger partial charge in [0.2, 0.25) is 10.0 Å². The second kappa shape index (κ2) is 8.09. The van der Waals surface area contributed by atoms with Crippen LogP contribution in [0.4, 0.5) is 5.69 Å². The molecule has 2 N–H and O–H groups in total. The van der Waals surface area contributed by atoms with E-state index in [1.807, 2.05) is 0 Å². The average molecular weight is 373 g/mol. The second-order valence-corrected chi connectivity index (χ2v) is 7.84. The van der Waals surface area contributed by atoms with E-state index in [0.29, 0.717) is 6.61 Å². The first-order valence-corrected chi connectivity index (χ1v) is 9.34. The molecule has 25 heavy (non-hydrogen) atoms. The Labute approximate surface area is 146 Å². The summed E-state index contributed by atoms with van der Waals surface area (Å²) in [7, 11) is -1.07. The van der Waals surface area contributed by atoms with Crippen LogP contribution in [0.25, 0.3) is 0 Å². The lowest BCUT2D eigenvalue weighted by Gasteiger charge is -2.37. The Morgan fingerprint density at radius 3 is 2.56 bits per heavy atom. The number of benzene rings is 1. The molecule has 1 aliphatic rings. The SMILES string of the molecule is COCC1(CNS(=O)(=O)c2cc([N+](=O)[O-])ccc2OC)CCNCC1. The smallest absolute Gasteiger partial charge is 0.271 e. The normalized spacial score (nSPS) is 17.2. The summed E-state index contributed by atoms with van der Waals surface area (Å²) in [6.07, 6.45) is 1.55. The molecule has 1 aromatic rings. The predicted octanol–water partition coefficient (Wildman–Crippen LogP) is 0.898. The number of nitro benzene ring substituents is 1. The summed E-state index contributed by atoms with van der Waals surface area (Å²) in [5.41, 5.74) is -0.615. The van der Waals surface area contributed by atoms with Crippen molar-refractivity contribution in [3.63, 3.8) is 0 Å². The van der Waals surface area contributed by atoms with Crippen LogP contribution < -0.4 is 14.8 Å². The zero-order valence-electron chi connectivity index (χ0n) is 14.3. The summed E-state index contributed by atoms with van der Waals surface area (Å²) >= 11 is 0. The zero-order chi connectivity index (χ0) is 18.5. The minimum atomic E-state index is -3.97. The molecule has 0 saturated carbocycles. The minimum Gasteiger partial charge on any atom is -0.495 e. The number of ether oxygens (including phenoxy) is 2. The number of hydrogen-bond donors (Lipinski definition) is 2. The molecule has 0 aromatic heterocycles. The van der Waals surface area contributed by atoms with Crippen molar-refractivity contribution in [3.05, 3.63) is 28.3 Å². The van der Waals surface area contributed by atoms with Crippen LogP contribution >= 0.6 is 0 Å². The molecule has 1 fully saturated rings. The van der Waals surface area contributed by atoms with Crippen LogP contribution in [0.3, 0.4) is 0 Å². The van der Waals surface area contributed by atoms with Crippen LogP contribution in [0.15, 0.2) is 23.1 Å². The number of hydrogen-bond acceptors (Lipinski definition) is 7. The minimum absolute atomic E-state index is 0.0594. The van der Waals surface area contributed by atoms with Gasteiger partial charge in [-0.3, -0.25) is 10.1 Å². The maximum atomic E-state index is 12.7. The van der Waals surface area contributed by atoms with Crippen molar-refractivity contribution < 1.29 is 22.8 Å². The summed E-state index contributed by atoms with van der Waals surface area (Å²) in [5, 5.41) is 14.2. The lowest BCUT2D eigenvalue weighted by atomic mass is 9.80. The largest absolute Gasteiger partial charge is 0.495 e. The maximum Gasteiger partial charge on any atom is 0.271 e. The van der Waals surface area contributed by atoms with E-state index in [2.05, 4.69) is 10.0 Å². The summed E-state index contributed by atoms with van der Waals surface area (Å²) in [5.74, 6) is 0.0594. The number of nitrogens with zero attached hydrogens (tertiary/aromatic N) is 1. The van der Waals surface area contributed by atoms with Crippen molar-refractivity contribution in [1.82, 2.24) is 10.0 Å². The van der Waals surface area contributed by atoms with E-state index in [0.717, 1.165) is 32.0 Å². The van der Waals surface area contributed by atoms with Crippen molar-refractivity contribution in [3.8, 4) is 5.75 Å². The van der Waals surface area contributed by atoms with E-state index in [4.69, 9.17) is 9.47 Å². The van der Waals surface area contributed by atoms with Gasteiger partial charge in [-0.15, -0.1) is 0 Å². The average Bonchev–Trinajstić information content (AvgIpc) is 2.60. The predicted molar refractivity (Wildman–Crippen MR) is 91.2 cm³/mol. The molecular formula is C15H23N3O6S. The highest BCUT2D eigenvalue weighted by Crippen LogP contribution is 2.31. The molecule has 9 nitrogen and oxygen atoms in total. The van der Waals surface area contributed by atoms with Crippen molar-refractivity contribution in [2.75, 3.05) is 40.5 Å². The Kier molecular flexibility index (Phi) is 6.33. The van der Waals surface area contributed by atoms with Crippen LogP contribution in [0, 0.1) is 15.5 Å². The van der Waals surface area contributed by atoms with E-state index in [1.54, 1.807) is 7.11 Å². The first-order valence-electron chi connectivity index (χ1n) is 7.85. The van der Waals surface area contributed by atoms with Gasteiger partial charge in [-0.2, -0.15) is 0 Å². The number of rotatable bonds is 8. The molecule has 0 unspecified atom stereocenters. The second-order valence-electron chi connectivity index (χ2n) is 6.10. The molecule has 1 heterocycles. The van der Waals surface area contributed by atoms with Gasteiger partial charge in [-0.05, 0) is 32.0 Å². The summed E-state index contributed by atoms with van der Waals surface area (Å²) < 4.78 is 38.3. The fourth-order valence-electron chi connectivity index (χ4n) is 2.95. The van der Waals surface area contributed by atoms with Gasteiger partial charge < -0.3 is 14.8 Å². The molecule has 0 spiro atoms. The van der Waals surface area contributed by atoms with Gasteiger partial charge in [0.1, 0.15) is 10.6 Å². The third kappa shape index (κ3) is 4.66. The Bertz CT molecular complexity index is 710. The molecule has 2 rings (SSSR count). The standard InChI is InChI=1S/C15H23N3O6S/c1-23-11-15(5-7-16-8-6-15)10-17-25(21,22)14-9-12(18(19)20)3-4-13(14)24-2/h3-4,9,16-17H,5-8,10-11H2,1-2H3. The Hall–Kier alpha value is -1.75. The lowest BCUT2D eigenvalue weighted by molar-refractivity contribution is -0.385. The summed E-state index contributed by atoms with van der Waals surface area (Å²) in [6.45, 7) is 2.19. The fraction of sp³-hybridized carbons (Fsp3) is 0.600. The van der Waals surface area contributed by atoms with Crippen LogP contribution in [0.2, 0.25) is 0 Å². The molecule has 0 bridgehead atoms. The molecule has 0 amide bonds. The zero-order valence-corrected chi connectivity index (χ0v) is 15.1. The summed E-state index contributed by atoms with van der Waals surface area (Å²) in [4.78, 5) is 10.1. The van der Waals surface area contributed by atoms with Gasteiger partial charge in [0, 0.05) is 31.2 Å². The van der Waals surface area contributed by atoms with E-state index >= 15 is 0 Å². The first-order chi connectivity index (χ1) is 11.8. The number of methoxy groups -OCH3 is 2. The van der Waals surface area contributed by atoms with E-state index in [9.17, 15) is 18.5 Å². The Morgan fingerprint density at radius 1 is 1.32 bits per heavy atom. The summed E-state index contributed by atoms with van der Waals surface area (Å²) in [6, 6.07) is 3.49. The molecule has 1 aromatic carbocycles. The number of piperidine rings is 1. The highest BCUT2D eigenvalue weighted by molar-refractivity contribution is 7.89. The van der Waals surface area contributed by atoms with Crippen molar-refractivity contribution in [2.24, 2.45) is 5.41 Å². The van der Waals surface area contributed by atoms with E-state index in [-0.39, 0.29) is 28.3 Å². The number of nitrogens with one attached hydrogen (secondary N) is 2. The van der Waals surface area contributed by atoms with Gasteiger partial charge in [0.25, 0.3) is 5.69 Å². The third-order valence-electron chi connectivity index (χ3n) is 4.40. The van der Waals surface area contributed by atoms with Crippen LogP contribution in [-0.4, -0.2) is 53.8 Å². The highest BCUT2D eigenvalue weighted by atomic mass is 32.2. The molecule has 0 atom stereocenters. The Balaban J connectivity index is 2.26. The molecule has 1 saturated heterocycles. The van der Waals surface area contributed by atoms with Gasteiger partial charge in [-0.25, -0.2) is 13.1 Å². The molecule has 0 radical (unpaired) electrons. The molecule has 140 valence electrons. The molecule has 10 heteroatoms. The molecular weight excluding hydrogens is 350 g/mol. The molecule has 1 aliphatic heterocycles. The molecule has 0 aliphatic carbocycles. The number of non-ortho nitro benzene ring substituents is 1. The van der Waals surface area contributed by atoms with Crippen molar-refractivity contribution >= 4 is 15.7 Å². The van der Waals surface area contributed by atoms with Crippen LogP contribution in [0.1, 0.15) is 12.8 Å².